The van der Waals surface area contributed by atoms with E-state index >= 15 is 0 Å². The molecule has 0 unspecified atom stereocenters. The summed E-state index contributed by atoms with van der Waals surface area (Å²) in [6.07, 6.45) is 4.40. The number of benzene rings is 1. The fraction of sp³-hybridized carbons (Fsp3) is 0.300. The van der Waals surface area contributed by atoms with Crippen LogP contribution < -0.4 is 15.6 Å². The predicted octanol–water partition coefficient (Wildman–Crippen LogP) is 4.76. The number of H-pyrrole nitrogens is 1. The molecule has 0 fully saturated rings. The molecule has 0 saturated carbocycles. The molecule has 5 rings (SSSR count). The topological polar surface area (TPSA) is 92.8 Å². The zero-order valence-corrected chi connectivity index (χ0v) is 18.7. The van der Waals surface area contributed by atoms with Crippen LogP contribution in [0.25, 0.3) is 10.2 Å². The fourth-order valence-electron chi connectivity index (χ4n) is 3.52. The maximum atomic E-state index is 12.7. The lowest BCUT2D eigenvalue weighted by atomic mass is 9.97. The molecule has 1 aliphatic carbocycles. The predicted molar refractivity (Wildman–Crippen MR) is 123 cm³/mol. The minimum Gasteiger partial charge on any atom is -0.497 e. The minimum absolute atomic E-state index is 0.0193. The number of aromatic nitrogens is 4. The Morgan fingerprint density at radius 1 is 1.17 bits per heavy atom. The molecule has 3 aromatic heterocycles. The van der Waals surface area contributed by atoms with Crippen molar-refractivity contribution >= 4 is 55.5 Å². The zero-order valence-electron chi connectivity index (χ0n) is 16.2. The summed E-state index contributed by atoms with van der Waals surface area (Å²) in [6, 6.07) is 7.63. The fourth-order valence-corrected chi connectivity index (χ4v) is 6.45. The number of ether oxygens (including phenoxy) is 1. The molecule has 4 aromatic rings. The van der Waals surface area contributed by atoms with E-state index < -0.39 is 0 Å². The van der Waals surface area contributed by atoms with Gasteiger partial charge in [0.15, 0.2) is 4.34 Å². The van der Waals surface area contributed by atoms with E-state index in [2.05, 4.69) is 20.5 Å². The highest BCUT2D eigenvalue weighted by Gasteiger charge is 2.20. The summed E-state index contributed by atoms with van der Waals surface area (Å²) in [6.45, 7) is 0. The SMILES string of the molecule is COc1ccc(Nc2nnc(SCc3nc4sc5c(c4c(=O)[nH]3)CCCC5)s2)cc1. The van der Waals surface area contributed by atoms with Crippen LogP contribution in [0.2, 0.25) is 0 Å². The lowest BCUT2D eigenvalue weighted by Gasteiger charge is -2.09. The molecule has 154 valence electrons. The van der Waals surface area contributed by atoms with Gasteiger partial charge in [0.05, 0.1) is 18.2 Å². The van der Waals surface area contributed by atoms with Gasteiger partial charge in [0.1, 0.15) is 16.4 Å². The van der Waals surface area contributed by atoms with Crippen LogP contribution in [0.5, 0.6) is 5.75 Å². The molecule has 7 nitrogen and oxygen atoms in total. The molecule has 0 radical (unpaired) electrons. The second-order valence-corrected chi connectivity index (χ2v) is 10.2. The number of nitrogens with zero attached hydrogens (tertiary/aromatic N) is 3. The van der Waals surface area contributed by atoms with Crippen molar-refractivity contribution in [3.63, 3.8) is 0 Å². The van der Waals surface area contributed by atoms with Gasteiger partial charge in [-0.1, -0.05) is 23.1 Å². The molecule has 0 aliphatic heterocycles. The number of fused-ring (bicyclic) bond motifs is 3. The van der Waals surface area contributed by atoms with Crippen molar-refractivity contribution in [1.82, 2.24) is 20.2 Å². The highest BCUT2D eigenvalue weighted by Crippen LogP contribution is 2.34. The number of thioether (sulfide) groups is 1. The molecule has 0 bridgehead atoms. The van der Waals surface area contributed by atoms with Gasteiger partial charge in [-0.2, -0.15) is 0 Å². The molecular weight excluding hydrogens is 438 g/mol. The average molecular weight is 458 g/mol. The van der Waals surface area contributed by atoms with Gasteiger partial charge >= 0.3 is 0 Å². The van der Waals surface area contributed by atoms with Gasteiger partial charge in [0.25, 0.3) is 5.56 Å². The second-order valence-electron chi connectivity index (χ2n) is 6.92. The van der Waals surface area contributed by atoms with E-state index in [0.717, 1.165) is 45.3 Å². The number of hydrogen-bond acceptors (Lipinski definition) is 9. The zero-order chi connectivity index (χ0) is 20.5. The summed E-state index contributed by atoms with van der Waals surface area (Å²) in [5, 5.41) is 13.2. The van der Waals surface area contributed by atoms with Crippen molar-refractivity contribution in [3.05, 3.63) is 50.9 Å². The number of thiophene rings is 1. The Morgan fingerprint density at radius 3 is 2.83 bits per heavy atom. The molecule has 1 aliphatic rings. The maximum Gasteiger partial charge on any atom is 0.259 e. The standard InChI is InChI=1S/C20H19N5O2S3/c1-27-12-8-6-11(7-9-12)21-19-24-25-20(30-19)28-10-15-22-17(26)16-13-4-2-3-5-14(13)29-18(16)23-15/h6-9H,2-5,10H2,1H3,(H,21,24)(H,22,23,26). The van der Waals surface area contributed by atoms with Crippen LogP contribution >= 0.6 is 34.4 Å². The van der Waals surface area contributed by atoms with Crippen molar-refractivity contribution in [1.29, 1.82) is 0 Å². The van der Waals surface area contributed by atoms with Gasteiger partial charge in [-0.15, -0.1) is 21.5 Å². The maximum absolute atomic E-state index is 12.7. The normalized spacial score (nSPS) is 13.4. The van der Waals surface area contributed by atoms with Crippen LogP contribution in [0.15, 0.2) is 33.4 Å². The second kappa shape index (κ2) is 8.37. The van der Waals surface area contributed by atoms with Gasteiger partial charge in [-0.25, -0.2) is 4.98 Å². The van der Waals surface area contributed by atoms with Crippen molar-refractivity contribution < 1.29 is 4.74 Å². The largest absolute Gasteiger partial charge is 0.497 e. The van der Waals surface area contributed by atoms with E-state index in [1.807, 2.05) is 24.3 Å². The minimum atomic E-state index is -0.0193. The third-order valence-corrected chi connectivity index (χ3v) is 8.12. The molecule has 0 atom stereocenters. The lowest BCUT2D eigenvalue weighted by molar-refractivity contribution is 0.415. The Hall–Kier alpha value is -2.43. The highest BCUT2D eigenvalue weighted by atomic mass is 32.2. The van der Waals surface area contributed by atoms with Crippen LogP contribution in [0.3, 0.4) is 0 Å². The van der Waals surface area contributed by atoms with Gasteiger partial charge < -0.3 is 15.0 Å². The third kappa shape index (κ3) is 3.94. The van der Waals surface area contributed by atoms with Crippen LogP contribution in [0, 0.1) is 0 Å². The molecule has 0 amide bonds. The summed E-state index contributed by atoms with van der Waals surface area (Å²) in [4.78, 5) is 22.5. The van der Waals surface area contributed by atoms with Crippen LogP contribution in [0.4, 0.5) is 10.8 Å². The molecule has 0 saturated heterocycles. The number of rotatable bonds is 6. The number of methoxy groups -OCH3 is 1. The Kier molecular flexibility index (Phi) is 5.45. The number of aromatic amines is 1. The van der Waals surface area contributed by atoms with Crippen LogP contribution in [0.1, 0.15) is 29.1 Å². The van der Waals surface area contributed by atoms with E-state index in [4.69, 9.17) is 9.72 Å². The summed E-state index contributed by atoms with van der Waals surface area (Å²) in [7, 11) is 1.64. The highest BCUT2D eigenvalue weighted by molar-refractivity contribution is 8.00. The lowest BCUT2D eigenvalue weighted by Crippen LogP contribution is -2.12. The van der Waals surface area contributed by atoms with Crippen molar-refractivity contribution in [2.75, 3.05) is 12.4 Å². The van der Waals surface area contributed by atoms with Gasteiger partial charge in [-0.05, 0) is 55.5 Å². The number of aryl methyl sites for hydroxylation is 2. The molecule has 10 heteroatoms. The monoisotopic (exact) mass is 457 g/mol. The number of anilines is 2. The molecule has 30 heavy (non-hydrogen) atoms. The molecular formula is C20H19N5O2S3. The van der Waals surface area contributed by atoms with E-state index in [1.165, 1.54) is 40.0 Å². The Bertz CT molecular complexity index is 1250. The first-order chi connectivity index (χ1) is 14.7. The first-order valence-electron chi connectivity index (χ1n) is 9.60. The third-order valence-electron chi connectivity index (χ3n) is 4.95. The molecule has 0 spiro atoms. The molecule has 2 N–H and O–H groups in total. The van der Waals surface area contributed by atoms with Crippen molar-refractivity contribution in [2.24, 2.45) is 0 Å². The average Bonchev–Trinajstić information content (AvgIpc) is 3.37. The number of hydrogen-bond donors (Lipinski definition) is 2. The summed E-state index contributed by atoms with van der Waals surface area (Å²) in [5.74, 6) is 2.03. The Morgan fingerprint density at radius 2 is 2.00 bits per heavy atom. The summed E-state index contributed by atoms with van der Waals surface area (Å²) < 4.78 is 5.99. The van der Waals surface area contributed by atoms with E-state index in [-0.39, 0.29) is 5.56 Å². The Labute approximate surface area is 184 Å². The molecule has 1 aromatic carbocycles. The van der Waals surface area contributed by atoms with E-state index in [9.17, 15) is 4.79 Å². The van der Waals surface area contributed by atoms with Crippen LogP contribution in [-0.4, -0.2) is 27.3 Å². The van der Waals surface area contributed by atoms with Gasteiger partial charge in [0.2, 0.25) is 5.13 Å². The van der Waals surface area contributed by atoms with Crippen molar-refractivity contribution in [2.45, 2.75) is 35.8 Å². The van der Waals surface area contributed by atoms with Crippen molar-refractivity contribution in [3.8, 4) is 5.75 Å². The van der Waals surface area contributed by atoms with Crippen LogP contribution in [-0.2, 0) is 18.6 Å². The quantitative estimate of drug-likeness (QED) is 0.403. The summed E-state index contributed by atoms with van der Waals surface area (Å²) in [5.41, 5.74) is 2.11. The first kappa shape index (κ1) is 19.5. The summed E-state index contributed by atoms with van der Waals surface area (Å²) >= 11 is 4.66. The smallest absolute Gasteiger partial charge is 0.259 e. The van der Waals surface area contributed by atoms with Gasteiger partial charge in [0, 0.05) is 10.6 Å². The Balaban J connectivity index is 1.28. The first-order valence-corrected chi connectivity index (χ1v) is 12.2. The molecule has 3 heterocycles. The van der Waals surface area contributed by atoms with E-state index in [1.54, 1.807) is 18.4 Å². The number of nitrogens with one attached hydrogen (secondary N) is 2. The van der Waals surface area contributed by atoms with E-state index in [0.29, 0.717) is 16.7 Å². The van der Waals surface area contributed by atoms with Gasteiger partial charge in [-0.3, -0.25) is 4.79 Å².